The van der Waals surface area contributed by atoms with Gasteiger partial charge in [-0.3, -0.25) is 24.1 Å². The Labute approximate surface area is 229 Å². The van der Waals surface area contributed by atoms with E-state index in [-0.39, 0.29) is 43.1 Å². The van der Waals surface area contributed by atoms with Crippen molar-refractivity contribution in [3.05, 3.63) is 107 Å². The lowest BCUT2D eigenvalue weighted by atomic mass is 10.0. The number of benzene rings is 3. The quantitative estimate of drug-likeness (QED) is 0.352. The van der Waals surface area contributed by atoms with Crippen LogP contribution in [0.25, 0.3) is 0 Å². The number of fused-ring (bicyclic) bond motifs is 1. The minimum atomic E-state index is -0.702. The van der Waals surface area contributed by atoms with Crippen LogP contribution in [0, 0.1) is 6.92 Å². The number of aryl methyl sites for hydroxylation is 1. The van der Waals surface area contributed by atoms with Crippen LogP contribution in [0.1, 0.15) is 63.6 Å². The van der Waals surface area contributed by atoms with Gasteiger partial charge in [0.05, 0.1) is 11.1 Å². The summed E-state index contributed by atoms with van der Waals surface area (Å²) in [5, 5.41) is 2.98. The van der Waals surface area contributed by atoms with E-state index in [2.05, 4.69) is 5.32 Å². The lowest BCUT2D eigenvalue weighted by Crippen LogP contribution is -2.50. The Morgan fingerprint density at radius 3 is 2.08 bits per heavy atom. The van der Waals surface area contributed by atoms with E-state index in [9.17, 15) is 19.2 Å². The van der Waals surface area contributed by atoms with Gasteiger partial charge in [-0.05, 0) is 43.0 Å². The molecule has 0 spiro atoms. The topological polar surface area (TPSA) is 86.8 Å². The van der Waals surface area contributed by atoms with Crippen molar-refractivity contribution >= 4 is 23.6 Å². The van der Waals surface area contributed by atoms with Crippen molar-refractivity contribution in [2.45, 2.75) is 52.1 Å². The third-order valence-corrected chi connectivity index (χ3v) is 6.94. The van der Waals surface area contributed by atoms with Crippen molar-refractivity contribution in [1.29, 1.82) is 0 Å². The van der Waals surface area contributed by atoms with Gasteiger partial charge < -0.3 is 10.2 Å². The largest absolute Gasteiger partial charge is 0.354 e. The fraction of sp³-hybridized carbons (Fsp3) is 0.312. The van der Waals surface area contributed by atoms with E-state index >= 15 is 0 Å². The summed E-state index contributed by atoms with van der Waals surface area (Å²) in [6, 6.07) is 23.6. The van der Waals surface area contributed by atoms with Gasteiger partial charge in [0.2, 0.25) is 11.8 Å². The fourth-order valence-electron chi connectivity index (χ4n) is 4.78. The standard InChI is InChI=1S/C32H35N3O4/c1-3-19-33-30(37)28(21-24-10-5-4-6-11-24)35(22-25-17-15-23(2)16-18-25)29(36)14-9-20-34-31(38)26-12-7-8-13-27(26)32(34)39/h4-8,10-13,15-18,28H,3,9,14,19-22H2,1-2H3,(H,33,37). The molecule has 1 aliphatic heterocycles. The molecule has 4 amide bonds. The summed E-state index contributed by atoms with van der Waals surface area (Å²) < 4.78 is 0. The van der Waals surface area contributed by atoms with E-state index in [1.165, 1.54) is 4.90 Å². The molecule has 39 heavy (non-hydrogen) atoms. The minimum absolute atomic E-state index is 0.103. The van der Waals surface area contributed by atoms with Gasteiger partial charge in [0.15, 0.2) is 0 Å². The van der Waals surface area contributed by atoms with E-state index in [4.69, 9.17) is 0 Å². The summed E-state index contributed by atoms with van der Waals surface area (Å²) in [5.41, 5.74) is 3.78. The Hall–Kier alpha value is -4.26. The van der Waals surface area contributed by atoms with Crippen LogP contribution in [-0.2, 0) is 22.6 Å². The van der Waals surface area contributed by atoms with Gasteiger partial charge in [0.25, 0.3) is 11.8 Å². The lowest BCUT2D eigenvalue weighted by molar-refractivity contribution is -0.141. The zero-order valence-corrected chi connectivity index (χ0v) is 22.6. The van der Waals surface area contributed by atoms with Crippen LogP contribution in [-0.4, -0.2) is 52.6 Å². The predicted octanol–water partition coefficient (Wildman–Crippen LogP) is 4.54. The second-order valence-corrected chi connectivity index (χ2v) is 9.91. The van der Waals surface area contributed by atoms with Crippen LogP contribution in [0.5, 0.6) is 0 Å². The third kappa shape index (κ3) is 6.79. The van der Waals surface area contributed by atoms with Crippen LogP contribution in [0.2, 0.25) is 0 Å². The molecule has 0 saturated heterocycles. The smallest absolute Gasteiger partial charge is 0.261 e. The average molecular weight is 526 g/mol. The van der Waals surface area contributed by atoms with Gasteiger partial charge in [-0.25, -0.2) is 0 Å². The molecule has 3 aromatic carbocycles. The molecule has 3 aromatic rings. The van der Waals surface area contributed by atoms with Crippen molar-refractivity contribution in [1.82, 2.24) is 15.1 Å². The molecule has 0 saturated carbocycles. The first-order chi connectivity index (χ1) is 18.9. The zero-order valence-electron chi connectivity index (χ0n) is 22.6. The third-order valence-electron chi connectivity index (χ3n) is 6.94. The summed E-state index contributed by atoms with van der Waals surface area (Å²) in [5.74, 6) is -1.05. The van der Waals surface area contributed by atoms with E-state index in [1.807, 2.05) is 68.4 Å². The Morgan fingerprint density at radius 2 is 1.46 bits per heavy atom. The first kappa shape index (κ1) is 27.8. The van der Waals surface area contributed by atoms with Crippen molar-refractivity contribution in [3.63, 3.8) is 0 Å². The number of rotatable bonds is 12. The Kier molecular flexibility index (Phi) is 9.26. The molecule has 0 radical (unpaired) electrons. The second-order valence-electron chi connectivity index (χ2n) is 9.91. The number of hydrogen-bond acceptors (Lipinski definition) is 4. The number of imide groups is 1. The summed E-state index contributed by atoms with van der Waals surface area (Å²) in [6.07, 6.45) is 1.58. The number of hydrogen-bond donors (Lipinski definition) is 1. The van der Waals surface area contributed by atoms with Crippen LogP contribution in [0.4, 0.5) is 0 Å². The first-order valence-electron chi connectivity index (χ1n) is 13.5. The molecule has 7 heteroatoms. The lowest BCUT2D eigenvalue weighted by Gasteiger charge is -2.32. The van der Waals surface area contributed by atoms with E-state index in [1.54, 1.807) is 29.2 Å². The minimum Gasteiger partial charge on any atom is -0.354 e. The maximum atomic E-state index is 13.7. The molecule has 1 atom stereocenters. The number of carbonyl (C=O) groups excluding carboxylic acids is 4. The molecule has 1 unspecified atom stereocenters. The summed E-state index contributed by atoms with van der Waals surface area (Å²) in [6.45, 7) is 4.94. The van der Waals surface area contributed by atoms with Gasteiger partial charge in [-0.2, -0.15) is 0 Å². The Morgan fingerprint density at radius 1 is 0.846 bits per heavy atom. The van der Waals surface area contributed by atoms with E-state index < -0.39 is 6.04 Å². The molecule has 0 bridgehead atoms. The van der Waals surface area contributed by atoms with Crippen molar-refractivity contribution in [3.8, 4) is 0 Å². The van der Waals surface area contributed by atoms with Gasteiger partial charge in [0.1, 0.15) is 6.04 Å². The number of nitrogens with one attached hydrogen (secondary N) is 1. The maximum absolute atomic E-state index is 13.7. The molecule has 0 fully saturated rings. The second kappa shape index (κ2) is 13.0. The van der Waals surface area contributed by atoms with Crippen molar-refractivity contribution < 1.29 is 19.2 Å². The summed E-state index contributed by atoms with van der Waals surface area (Å²) in [7, 11) is 0. The van der Waals surface area contributed by atoms with E-state index in [0.29, 0.717) is 30.5 Å². The van der Waals surface area contributed by atoms with Crippen molar-refractivity contribution in [2.24, 2.45) is 0 Å². The molecule has 4 rings (SSSR count). The first-order valence-corrected chi connectivity index (χ1v) is 13.5. The highest BCUT2D eigenvalue weighted by molar-refractivity contribution is 6.21. The number of carbonyl (C=O) groups is 4. The predicted molar refractivity (Wildman–Crippen MR) is 150 cm³/mol. The molecule has 202 valence electrons. The van der Waals surface area contributed by atoms with Gasteiger partial charge >= 0.3 is 0 Å². The SMILES string of the molecule is CCCNC(=O)C(Cc1ccccc1)N(Cc1ccc(C)cc1)C(=O)CCCN1C(=O)c2ccccc2C1=O. The van der Waals surface area contributed by atoms with Gasteiger partial charge in [-0.1, -0.05) is 79.2 Å². The zero-order chi connectivity index (χ0) is 27.8. The number of amides is 4. The summed E-state index contributed by atoms with van der Waals surface area (Å²) in [4.78, 5) is 55.5. The van der Waals surface area contributed by atoms with Gasteiger partial charge in [-0.15, -0.1) is 0 Å². The number of nitrogens with zero attached hydrogens (tertiary/aromatic N) is 2. The summed E-state index contributed by atoms with van der Waals surface area (Å²) >= 11 is 0. The molecule has 0 aliphatic carbocycles. The highest BCUT2D eigenvalue weighted by Gasteiger charge is 2.35. The monoisotopic (exact) mass is 525 g/mol. The Balaban J connectivity index is 1.53. The maximum Gasteiger partial charge on any atom is 0.261 e. The molecule has 0 aromatic heterocycles. The molecule has 7 nitrogen and oxygen atoms in total. The normalized spacial score (nSPS) is 13.2. The Bertz CT molecular complexity index is 1290. The van der Waals surface area contributed by atoms with Crippen molar-refractivity contribution in [2.75, 3.05) is 13.1 Å². The molecule has 1 heterocycles. The highest BCUT2D eigenvalue weighted by Crippen LogP contribution is 2.23. The molecule has 1 N–H and O–H groups in total. The fourth-order valence-corrected chi connectivity index (χ4v) is 4.78. The van der Waals surface area contributed by atoms with E-state index in [0.717, 1.165) is 23.1 Å². The van der Waals surface area contributed by atoms with Gasteiger partial charge in [0, 0.05) is 32.5 Å². The molecular weight excluding hydrogens is 490 g/mol. The van der Waals surface area contributed by atoms with Crippen LogP contribution < -0.4 is 5.32 Å². The van der Waals surface area contributed by atoms with Crippen LogP contribution in [0.15, 0.2) is 78.9 Å². The highest BCUT2D eigenvalue weighted by atomic mass is 16.2. The molecular formula is C32H35N3O4. The molecule has 1 aliphatic rings. The van der Waals surface area contributed by atoms with Crippen LogP contribution in [0.3, 0.4) is 0 Å². The van der Waals surface area contributed by atoms with Crippen LogP contribution >= 0.6 is 0 Å². The average Bonchev–Trinajstić information content (AvgIpc) is 3.20.